The molecule has 8 amide bonds. The number of thioether (sulfide) groups is 1. The van der Waals surface area contributed by atoms with Gasteiger partial charge in [-0.15, -0.1) is 0 Å². The number of aliphatic carboxylic acids is 5. The van der Waals surface area contributed by atoms with Crippen LogP contribution in [0.5, 0.6) is 0 Å². The van der Waals surface area contributed by atoms with Crippen LogP contribution in [0.15, 0.2) is 4.99 Å². The number of nitrogens with one attached hydrogen (secondary N) is 8. The van der Waals surface area contributed by atoms with Gasteiger partial charge in [0.1, 0.15) is 48.3 Å². The van der Waals surface area contributed by atoms with Crippen molar-refractivity contribution < 1.29 is 98.1 Å². The highest BCUT2D eigenvalue weighted by molar-refractivity contribution is 7.98. The number of rotatable bonds is 37. The highest BCUT2D eigenvalue weighted by Gasteiger charge is 2.37. The fraction of sp³-hybridized carbons (Fsp3) is 0.659. The molecule has 0 radical (unpaired) electrons. The summed E-state index contributed by atoms with van der Waals surface area (Å²) in [6.45, 7) is 2.64. The summed E-state index contributed by atoms with van der Waals surface area (Å²) >= 11 is 1.19. The Bertz CT molecular complexity index is 2040. The Morgan fingerprint density at radius 2 is 0.892 bits per heavy atom. The number of carbonyl (C=O) groups excluding carboxylic acids is 8. The van der Waals surface area contributed by atoms with E-state index in [2.05, 4.69) is 36.9 Å². The van der Waals surface area contributed by atoms with Gasteiger partial charge in [0.25, 0.3) is 0 Å². The number of aliphatic hydroxyl groups excluding tert-OH is 2. The van der Waals surface area contributed by atoms with Gasteiger partial charge in [-0.2, -0.15) is 11.8 Å². The molecular formula is C41H68N12O20S. The standard InChI is InChI=1S/C41H68N12O20S/c1-17(2)30(38(70)50-24(40(72)73)15-29(62)63)52-36(68)22(8-10-27(58)59)48-34(66)21(7-9-26(56)57)47-35(67)23(11-13-74-4)49-33(65)20(6-5-12-45-41(43)44)46-37(69)25(16-54)51-39(71)31(18(3)55)53-32(64)19(42)14-28(60)61/h17-25,30-31,54-55H,5-16,42H2,1-4H3,(H,46,69)(H,47,67)(H,48,66)(H,49,65)(H,50,70)(H,51,71)(H,52,68)(H,53,64)(H,56,57)(H,58,59)(H,60,61)(H,62,63)(H,72,73)(H4,43,44,45)/t18-,19+,20+,21+,22+,23+,24+,25+,30+,31+/m1/s1. The fourth-order valence-electron chi connectivity index (χ4n) is 6.27. The predicted octanol–water partition coefficient (Wildman–Crippen LogP) is -7.21. The number of hydrogen-bond acceptors (Lipinski definition) is 18. The summed E-state index contributed by atoms with van der Waals surface area (Å²) in [5, 5.41) is 84.3. The molecule has 0 rings (SSSR count). The highest BCUT2D eigenvalue weighted by atomic mass is 32.2. The number of carbonyl (C=O) groups is 13. The van der Waals surface area contributed by atoms with Crippen molar-refractivity contribution in [3.8, 4) is 0 Å². The van der Waals surface area contributed by atoms with Crippen LogP contribution in [0, 0.1) is 5.92 Å². The van der Waals surface area contributed by atoms with Crippen LogP contribution in [0.25, 0.3) is 0 Å². The number of guanidine groups is 1. The third-order valence-electron chi connectivity index (χ3n) is 10.2. The molecule has 10 atom stereocenters. The van der Waals surface area contributed by atoms with E-state index < -0.39 is 189 Å². The Kier molecular flexibility index (Phi) is 30.7. The van der Waals surface area contributed by atoms with Gasteiger partial charge in [-0.25, -0.2) is 4.79 Å². The van der Waals surface area contributed by atoms with E-state index in [9.17, 15) is 87.9 Å². The van der Waals surface area contributed by atoms with Crippen molar-refractivity contribution in [3.63, 3.8) is 0 Å². The molecule has 0 aliphatic rings. The summed E-state index contributed by atoms with van der Waals surface area (Å²) in [5.74, 6) is -18.1. The van der Waals surface area contributed by atoms with Gasteiger partial charge < -0.3 is 95.5 Å². The van der Waals surface area contributed by atoms with Crippen LogP contribution >= 0.6 is 11.8 Å². The normalized spacial score (nSPS) is 15.0. The predicted molar refractivity (Wildman–Crippen MR) is 256 cm³/mol. The smallest absolute Gasteiger partial charge is 0.326 e. The van der Waals surface area contributed by atoms with Crippen LogP contribution in [-0.2, 0) is 62.3 Å². The van der Waals surface area contributed by atoms with E-state index in [1.54, 1.807) is 6.26 Å². The van der Waals surface area contributed by atoms with Gasteiger partial charge >= 0.3 is 29.8 Å². The van der Waals surface area contributed by atoms with Crippen LogP contribution in [0.3, 0.4) is 0 Å². The average Bonchev–Trinajstić information content (AvgIpc) is 3.29. The molecular weight excluding hydrogens is 1010 g/mol. The minimum Gasteiger partial charge on any atom is -0.481 e. The van der Waals surface area contributed by atoms with E-state index in [1.807, 2.05) is 10.6 Å². The largest absolute Gasteiger partial charge is 0.481 e. The van der Waals surface area contributed by atoms with E-state index in [1.165, 1.54) is 25.6 Å². The monoisotopic (exact) mass is 1080 g/mol. The molecule has 0 spiro atoms. The van der Waals surface area contributed by atoms with Crippen molar-refractivity contribution in [1.29, 1.82) is 0 Å². The quantitative estimate of drug-likeness (QED) is 0.0156. The Labute approximate surface area is 426 Å². The first-order valence-electron chi connectivity index (χ1n) is 22.6. The van der Waals surface area contributed by atoms with Crippen LogP contribution in [0.1, 0.15) is 78.6 Å². The van der Waals surface area contributed by atoms with Gasteiger partial charge in [0, 0.05) is 19.4 Å². The topological polar surface area (TPSA) is 550 Å². The second kappa shape index (κ2) is 34.1. The van der Waals surface area contributed by atoms with E-state index in [0.29, 0.717) is 0 Å². The summed E-state index contributed by atoms with van der Waals surface area (Å²) in [5.41, 5.74) is 16.3. The highest BCUT2D eigenvalue weighted by Crippen LogP contribution is 2.11. The molecule has 74 heavy (non-hydrogen) atoms. The SMILES string of the molecule is CSCC[C@H](NC(=O)[C@H](CCCN=C(N)N)NC(=O)[C@H](CO)NC(=O)[C@@H](NC(=O)[C@@H](N)CC(=O)O)[C@@H](C)O)C(=O)N[C@@H](CCC(=O)O)C(=O)N[C@@H](CCC(=O)O)C(=O)N[C@H](C(=O)N[C@@H](CC(=O)O)C(=O)O)C(C)C. The zero-order valence-electron chi connectivity index (χ0n) is 40.9. The Balaban J connectivity index is 6.79. The maximum atomic E-state index is 14.0. The van der Waals surface area contributed by atoms with Crippen molar-refractivity contribution in [1.82, 2.24) is 42.5 Å². The zero-order valence-corrected chi connectivity index (χ0v) is 41.7. The molecule has 0 aromatic heterocycles. The molecule has 33 heteroatoms. The first kappa shape index (κ1) is 66.6. The Morgan fingerprint density at radius 1 is 0.500 bits per heavy atom. The van der Waals surface area contributed by atoms with Gasteiger partial charge in [0.2, 0.25) is 47.3 Å². The van der Waals surface area contributed by atoms with Crippen molar-refractivity contribution in [3.05, 3.63) is 0 Å². The molecule has 0 aromatic rings. The van der Waals surface area contributed by atoms with Crippen LogP contribution in [0.4, 0.5) is 0 Å². The lowest BCUT2D eigenvalue weighted by molar-refractivity contribution is -0.147. The molecule has 418 valence electrons. The Hall–Kier alpha value is -7.39. The molecule has 0 aromatic carbocycles. The average molecular weight is 1080 g/mol. The number of carboxylic acid groups (broad SMARTS) is 5. The number of aliphatic hydroxyl groups is 2. The summed E-state index contributed by atoms with van der Waals surface area (Å²) in [4.78, 5) is 168. The number of nitrogens with two attached hydrogens (primary N) is 3. The summed E-state index contributed by atoms with van der Waals surface area (Å²) in [6.07, 6.45) is -5.28. The van der Waals surface area contributed by atoms with Crippen LogP contribution < -0.4 is 59.7 Å². The molecule has 32 nitrogen and oxygen atoms in total. The van der Waals surface area contributed by atoms with Gasteiger partial charge in [-0.3, -0.25) is 62.5 Å². The van der Waals surface area contributed by atoms with Crippen LogP contribution in [-0.4, -0.2) is 204 Å². The molecule has 0 unspecified atom stereocenters. The molecule has 0 aliphatic heterocycles. The number of hydrogen-bond donors (Lipinski definition) is 18. The van der Waals surface area contributed by atoms with Gasteiger partial charge in [0.15, 0.2) is 5.96 Å². The van der Waals surface area contributed by atoms with E-state index in [0.717, 1.165) is 6.92 Å². The number of carboxylic acids is 5. The summed E-state index contributed by atoms with van der Waals surface area (Å²) < 4.78 is 0. The lowest BCUT2D eigenvalue weighted by Gasteiger charge is -2.28. The third-order valence-corrected chi connectivity index (χ3v) is 10.9. The van der Waals surface area contributed by atoms with E-state index >= 15 is 0 Å². The van der Waals surface area contributed by atoms with Gasteiger partial charge in [-0.1, -0.05) is 13.8 Å². The van der Waals surface area contributed by atoms with Crippen molar-refractivity contribution >= 4 is 94.8 Å². The molecule has 0 saturated carbocycles. The maximum Gasteiger partial charge on any atom is 0.326 e. The minimum atomic E-state index is -1.93. The first-order chi connectivity index (χ1) is 34.4. The number of aliphatic imine (C=N–C) groups is 1. The Morgan fingerprint density at radius 3 is 1.28 bits per heavy atom. The van der Waals surface area contributed by atoms with E-state index in [-0.39, 0.29) is 37.5 Å². The number of nitrogens with zero attached hydrogens (tertiary/aromatic N) is 1. The lowest BCUT2D eigenvalue weighted by atomic mass is 10.0. The number of amides is 8. The maximum absolute atomic E-state index is 14.0. The molecule has 0 saturated heterocycles. The van der Waals surface area contributed by atoms with Gasteiger partial charge in [-0.05, 0) is 57.0 Å². The molecule has 0 fully saturated rings. The van der Waals surface area contributed by atoms with Crippen molar-refractivity contribution in [2.24, 2.45) is 28.1 Å². The van der Waals surface area contributed by atoms with Gasteiger partial charge in [0.05, 0.1) is 31.6 Å². The zero-order chi connectivity index (χ0) is 57.0. The van der Waals surface area contributed by atoms with Crippen molar-refractivity contribution in [2.75, 3.05) is 25.2 Å². The fourth-order valence-corrected chi connectivity index (χ4v) is 6.74. The second-order valence-corrected chi connectivity index (χ2v) is 17.7. The minimum absolute atomic E-state index is 0.0228. The molecule has 21 N–H and O–H groups in total. The second-order valence-electron chi connectivity index (χ2n) is 16.7. The third kappa shape index (κ3) is 26.3. The molecule has 0 heterocycles. The molecule has 0 aliphatic carbocycles. The van der Waals surface area contributed by atoms with E-state index in [4.69, 9.17) is 27.4 Å². The molecule has 0 bridgehead atoms. The van der Waals surface area contributed by atoms with Crippen LogP contribution in [0.2, 0.25) is 0 Å². The van der Waals surface area contributed by atoms with Crippen molar-refractivity contribution in [2.45, 2.75) is 139 Å². The first-order valence-corrected chi connectivity index (χ1v) is 24.0. The summed E-state index contributed by atoms with van der Waals surface area (Å²) in [7, 11) is 0. The lowest BCUT2D eigenvalue weighted by Crippen LogP contribution is -2.62. The summed E-state index contributed by atoms with van der Waals surface area (Å²) in [6, 6.07) is -15.7.